The van der Waals surface area contributed by atoms with E-state index in [1.54, 1.807) is 31.6 Å². The lowest BCUT2D eigenvalue weighted by atomic mass is 9.92. The number of amides is 1. The van der Waals surface area contributed by atoms with Crippen molar-refractivity contribution >= 4 is 24.1 Å². The van der Waals surface area contributed by atoms with Gasteiger partial charge in [0.05, 0.1) is 49.7 Å². The van der Waals surface area contributed by atoms with Crippen molar-refractivity contribution in [2.75, 3.05) is 20.8 Å². The molecule has 12 nitrogen and oxygen atoms in total. The van der Waals surface area contributed by atoms with E-state index in [4.69, 9.17) is 28.1 Å². The number of carbonyl (C=O) groups excluding carboxylic acids is 3. The Bertz CT molecular complexity index is 1270. The van der Waals surface area contributed by atoms with Crippen LogP contribution < -0.4 is 5.32 Å². The molecule has 1 aromatic heterocycles. The summed E-state index contributed by atoms with van der Waals surface area (Å²) in [6, 6.07) is 0. The third kappa shape index (κ3) is 14.1. The Morgan fingerprint density at radius 3 is 2.49 bits per heavy atom. The lowest BCUT2D eigenvalue weighted by Crippen LogP contribution is -2.42. The first kappa shape index (κ1) is 38.3. The van der Waals surface area contributed by atoms with Gasteiger partial charge in [-0.2, -0.15) is 0 Å². The first-order chi connectivity index (χ1) is 23.7. The number of carbonyl (C=O) groups is 3. The lowest BCUT2D eigenvalue weighted by Gasteiger charge is -2.38. The Hall–Kier alpha value is -3.48. The molecule has 49 heavy (non-hydrogen) atoms. The van der Waals surface area contributed by atoms with Crippen LogP contribution in [0.4, 0.5) is 4.79 Å². The van der Waals surface area contributed by atoms with Crippen LogP contribution in [0.15, 0.2) is 41.1 Å². The second-order valence-electron chi connectivity index (χ2n) is 13.5. The van der Waals surface area contributed by atoms with Crippen molar-refractivity contribution in [3.63, 3.8) is 0 Å². The molecule has 272 valence electrons. The number of oxazole rings is 1. The quantitative estimate of drug-likeness (QED) is 0.119. The van der Waals surface area contributed by atoms with Crippen molar-refractivity contribution in [2.45, 2.75) is 134 Å². The largest absolute Gasteiger partial charge is 0.459 e. The molecule has 0 spiro atoms. The molecule has 3 aliphatic heterocycles. The molecule has 0 radical (unpaired) electrons. The van der Waals surface area contributed by atoms with Crippen molar-refractivity contribution in [3.05, 3.63) is 48.2 Å². The maximum absolute atomic E-state index is 13.2. The van der Waals surface area contributed by atoms with Gasteiger partial charge in [0.15, 0.2) is 0 Å². The zero-order chi connectivity index (χ0) is 35.0. The predicted molar refractivity (Wildman–Crippen MR) is 181 cm³/mol. The summed E-state index contributed by atoms with van der Waals surface area (Å²) < 4.78 is 40.6. The Morgan fingerprint density at radius 1 is 0.980 bits per heavy atom. The van der Waals surface area contributed by atoms with Crippen LogP contribution in [-0.4, -0.2) is 86.5 Å². The topological polar surface area (TPSA) is 145 Å². The maximum Gasteiger partial charge on any atom is 0.407 e. The van der Waals surface area contributed by atoms with Crippen LogP contribution in [0, 0.1) is 5.92 Å². The van der Waals surface area contributed by atoms with Gasteiger partial charge in [0.25, 0.3) is 0 Å². The monoisotopic (exact) mass is 686 g/mol. The number of nitrogens with one attached hydrogen (secondary N) is 1. The molecule has 3 fully saturated rings. The minimum atomic E-state index is -0.517. The SMILES string of the molecule is COC(=O)NCC=Cc1nc(CCC=CC(=O)O[C@@H]2CC3C[C@H](OC)CC4CCC[C@@H](C[C@H](C=CCC(C)C)OC(=O)C[C@H](C2)O3)O4)co1. The van der Waals surface area contributed by atoms with E-state index >= 15 is 0 Å². The van der Waals surface area contributed by atoms with E-state index in [1.807, 2.05) is 6.08 Å². The number of nitrogens with zero attached hydrogens (tertiary/aromatic N) is 1. The fourth-order valence-electron chi connectivity index (χ4n) is 6.48. The number of cyclic esters (lactones) is 1. The van der Waals surface area contributed by atoms with Gasteiger partial charge in [-0.15, -0.1) is 0 Å². The average molecular weight is 687 g/mol. The first-order valence-electron chi connectivity index (χ1n) is 17.7. The van der Waals surface area contributed by atoms with Gasteiger partial charge in [-0.3, -0.25) is 4.79 Å². The van der Waals surface area contributed by atoms with Crippen molar-refractivity contribution in [1.29, 1.82) is 0 Å². The Labute approximate surface area is 289 Å². The number of hydrogen-bond acceptors (Lipinski definition) is 11. The summed E-state index contributed by atoms with van der Waals surface area (Å²) in [7, 11) is 3.01. The lowest BCUT2D eigenvalue weighted by molar-refractivity contribution is -0.169. The van der Waals surface area contributed by atoms with Crippen LogP contribution in [0.25, 0.3) is 6.08 Å². The smallest absolute Gasteiger partial charge is 0.407 e. The maximum atomic E-state index is 13.2. The standard InChI is InChI=1S/C37H54N2O10/c1-25(2)10-7-12-29-18-27-13-8-14-28(46-27)19-30(43-3)20-31-21-32(22-33(47-31)23-36(41)48-29)49-35(40)16-6-5-11-26-24-45-34(39-26)15-9-17-38-37(42)44-4/h6-7,9,12,15-16,24-25,27-33H,5,8,10-11,13-14,17-23H2,1-4H3,(H,38,42)/t27-,28?,29-,30+,31?,32+,33-/m0/s1. The zero-order valence-corrected chi connectivity index (χ0v) is 29.4. The molecule has 0 aromatic carbocycles. The fourth-order valence-corrected chi connectivity index (χ4v) is 6.48. The van der Waals surface area contributed by atoms with Crippen molar-refractivity contribution < 1.29 is 47.2 Å². The number of aryl methyl sites for hydroxylation is 1. The van der Waals surface area contributed by atoms with Crippen molar-refractivity contribution in [3.8, 4) is 0 Å². The molecular weight excluding hydrogens is 632 g/mol. The zero-order valence-electron chi connectivity index (χ0n) is 29.4. The van der Waals surface area contributed by atoms with Gasteiger partial charge in [0.2, 0.25) is 5.89 Å². The molecule has 7 atom stereocenters. The normalized spacial score (nSPS) is 28.4. The Balaban J connectivity index is 1.33. The molecule has 3 saturated heterocycles. The molecule has 1 amide bonds. The number of methoxy groups -OCH3 is 2. The summed E-state index contributed by atoms with van der Waals surface area (Å²) in [6.07, 6.45) is 18.3. The van der Waals surface area contributed by atoms with E-state index < -0.39 is 24.3 Å². The number of hydrogen-bond donors (Lipinski definition) is 1. The first-order valence-corrected chi connectivity index (χ1v) is 17.7. The molecule has 4 rings (SSSR count). The molecule has 3 aliphatic rings. The molecule has 12 heteroatoms. The van der Waals surface area contributed by atoms with E-state index in [0.717, 1.165) is 37.8 Å². The number of fused-ring (bicyclic) bond motifs is 4. The van der Waals surface area contributed by atoms with Crippen LogP contribution in [0.1, 0.15) is 96.1 Å². The number of ether oxygens (including phenoxy) is 6. The number of aromatic nitrogens is 1. The van der Waals surface area contributed by atoms with Gasteiger partial charge in [-0.05, 0) is 69.4 Å². The number of rotatable bonds is 12. The molecule has 0 saturated carbocycles. The van der Waals surface area contributed by atoms with Gasteiger partial charge < -0.3 is 38.2 Å². The predicted octanol–water partition coefficient (Wildman–Crippen LogP) is 6.03. The van der Waals surface area contributed by atoms with E-state index in [1.165, 1.54) is 13.2 Å². The highest BCUT2D eigenvalue weighted by molar-refractivity contribution is 5.82. The highest BCUT2D eigenvalue weighted by atomic mass is 16.6. The summed E-state index contributed by atoms with van der Waals surface area (Å²) >= 11 is 0. The van der Waals surface area contributed by atoms with Gasteiger partial charge in [-0.1, -0.05) is 32.1 Å². The third-order valence-corrected chi connectivity index (χ3v) is 8.87. The van der Waals surface area contributed by atoms with E-state index in [0.29, 0.717) is 50.3 Å². The third-order valence-electron chi connectivity index (χ3n) is 8.87. The second-order valence-corrected chi connectivity index (χ2v) is 13.5. The van der Waals surface area contributed by atoms with Gasteiger partial charge in [0.1, 0.15) is 18.5 Å². The highest BCUT2D eigenvalue weighted by Crippen LogP contribution is 2.32. The van der Waals surface area contributed by atoms with Gasteiger partial charge in [-0.25, -0.2) is 14.6 Å². The van der Waals surface area contributed by atoms with Crippen LogP contribution >= 0.6 is 0 Å². The molecule has 4 bridgehead atoms. The second kappa shape index (κ2) is 20.3. The van der Waals surface area contributed by atoms with Crippen LogP contribution in [0.3, 0.4) is 0 Å². The van der Waals surface area contributed by atoms with E-state index in [2.05, 4.69) is 35.0 Å². The summed E-state index contributed by atoms with van der Waals surface area (Å²) in [6.45, 7) is 4.60. The minimum absolute atomic E-state index is 0.0343. The fraction of sp³-hybridized carbons (Fsp3) is 0.676. The van der Waals surface area contributed by atoms with Crippen molar-refractivity contribution in [1.82, 2.24) is 10.3 Å². The summed E-state index contributed by atoms with van der Waals surface area (Å²) in [5.41, 5.74) is 0.736. The van der Waals surface area contributed by atoms with E-state index in [9.17, 15) is 14.4 Å². The number of alkyl carbamates (subject to hydrolysis) is 1. The summed E-state index contributed by atoms with van der Waals surface area (Å²) in [5, 5.41) is 2.54. The van der Waals surface area contributed by atoms with Crippen LogP contribution in [0.2, 0.25) is 0 Å². The molecule has 1 aromatic rings. The minimum Gasteiger partial charge on any atom is -0.459 e. The molecular formula is C37H54N2O10. The molecule has 0 aliphatic carbocycles. The molecule has 1 N–H and O–H groups in total. The number of allylic oxidation sites excluding steroid dienone is 2. The number of esters is 2. The van der Waals surface area contributed by atoms with Crippen molar-refractivity contribution in [2.24, 2.45) is 5.92 Å². The summed E-state index contributed by atoms with van der Waals surface area (Å²) in [4.78, 5) is 41.6. The van der Waals surface area contributed by atoms with E-state index in [-0.39, 0.29) is 49.5 Å². The van der Waals surface area contributed by atoms with Gasteiger partial charge in [0, 0.05) is 39.0 Å². The Kier molecular flexibility index (Phi) is 15.8. The van der Waals surface area contributed by atoms with Crippen LogP contribution in [-0.2, 0) is 44.4 Å². The molecule has 4 heterocycles. The summed E-state index contributed by atoms with van der Waals surface area (Å²) in [5.74, 6) is 0.155. The van der Waals surface area contributed by atoms with Gasteiger partial charge >= 0.3 is 18.0 Å². The Morgan fingerprint density at radius 2 is 1.71 bits per heavy atom. The van der Waals surface area contributed by atoms with Crippen LogP contribution in [0.5, 0.6) is 0 Å². The molecule has 2 unspecified atom stereocenters. The highest BCUT2D eigenvalue weighted by Gasteiger charge is 2.36. The average Bonchev–Trinajstić information content (AvgIpc) is 3.51.